The largest absolute Gasteiger partial charge is 0.496 e. The summed E-state index contributed by atoms with van der Waals surface area (Å²) in [5, 5.41) is 7.19. The molecule has 0 atom stereocenters. The van der Waals surface area contributed by atoms with E-state index in [1.54, 1.807) is 12.3 Å². The van der Waals surface area contributed by atoms with E-state index in [0.717, 1.165) is 5.56 Å². The topological polar surface area (TPSA) is 82.2 Å². The normalized spacial score (nSPS) is 12.5. The van der Waals surface area contributed by atoms with Crippen molar-refractivity contribution in [2.75, 3.05) is 13.9 Å². The van der Waals surface area contributed by atoms with E-state index in [0.29, 0.717) is 45.4 Å². The summed E-state index contributed by atoms with van der Waals surface area (Å²) in [5.74, 6) is 1.37. The van der Waals surface area contributed by atoms with E-state index in [4.69, 9.17) is 14.2 Å². The first kappa shape index (κ1) is 15.6. The molecule has 2 aromatic heterocycles. The van der Waals surface area contributed by atoms with E-state index in [1.165, 1.54) is 19.2 Å². The van der Waals surface area contributed by atoms with Gasteiger partial charge in [0.1, 0.15) is 17.1 Å². The number of hydrogen-bond acceptors (Lipinski definition) is 6. The van der Waals surface area contributed by atoms with Crippen molar-refractivity contribution < 1.29 is 18.6 Å². The molecule has 8 heteroatoms. The number of nitrogens with one attached hydrogen (secondary N) is 1. The number of H-pyrrole nitrogens is 1. The van der Waals surface area contributed by atoms with E-state index >= 15 is 0 Å². The molecule has 0 saturated heterocycles. The molecule has 2 aromatic carbocycles. The summed E-state index contributed by atoms with van der Waals surface area (Å²) < 4.78 is 29.6. The molecule has 0 amide bonds. The molecule has 0 radical (unpaired) electrons. The molecule has 0 unspecified atom stereocenters. The smallest absolute Gasteiger partial charge is 0.231 e. The number of hydrogen-bond donors (Lipinski definition) is 1. The lowest BCUT2D eigenvalue weighted by Gasteiger charge is -2.08. The first-order valence-electron chi connectivity index (χ1n) is 8.18. The summed E-state index contributed by atoms with van der Waals surface area (Å²) >= 11 is 0. The Kier molecular flexibility index (Phi) is 3.43. The van der Waals surface area contributed by atoms with Gasteiger partial charge in [-0.3, -0.25) is 5.10 Å². The number of aromatic nitrogens is 4. The molecular weight excluding hydrogens is 351 g/mol. The molecule has 3 heterocycles. The second kappa shape index (κ2) is 5.94. The van der Waals surface area contributed by atoms with Crippen molar-refractivity contribution in [3.8, 4) is 39.8 Å². The van der Waals surface area contributed by atoms with Crippen molar-refractivity contribution in [3.63, 3.8) is 0 Å². The van der Waals surface area contributed by atoms with E-state index in [2.05, 4.69) is 20.2 Å². The van der Waals surface area contributed by atoms with Crippen molar-refractivity contribution in [3.05, 3.63) is 48.4 Å². The minimum Gasteiger partial charge on any atom is -0.496 e. The summed E-state index contributed by atoms with van der Waals surface area (Å²) in [7, 11) is 1.49. The van der Waals surface area contributed by atoms with Crippen LogP contribution in [0, 0.1) is 5.82 Å². The van der Waals surface area contributed by atoms with Gasteiger partial charge in [0.15, 0.2) is 17.1 Å². The van der Waals surface area contributed by atoms with Gasteiger partial charge in [0.2, 0.25) is 6.79 Å². The van der Waals surface area contributed by atoms with Crippen LogP contribution < -0.4 is 14.2 Å². The van der Waals surface area contributed by atoms with E-state index in [9.17, 15) is 4.39 Å². The number of nitrogens with zero attached hydrogens (tertiary/aromatic N) is 3. The van der Waals surface area contributed by atoms with Gasteiger partial charge in [-0.1, -0.05) is 0 Å². The molecule has 4 aromatic rings. The Morgan fingerprint density at radius 1 is 1.11 bits per heavy atom. The predicted molar refractivity (Wildman–Crippen MR) is 95.2 cm³/mol. The van der Waals surface area contributed by atoms with Crippen LogP contribution in [0.2, 0.25) is 0 Å². The van der Waals surface area contributed by atoms with Crippen molar-refractivity contribution in [1.82, 2.24) is 20.2 Å². The highest BCUT2D eigenvalue weighted by atomic mass is 19.1. The van der Waals surface area contributed by atoms with Crippen LogP contribution in [0.25, 0.3) is 33.7 Å². The Morgan fingerprint density at radius 3 is 2.89 bits per heavy atom. The standard InChI is InChI=1S/C19H13FN4O3/c1-25-15-7-11(20)3-4-12(15)13-8-21-19-18(22-13)17(23-24-19)10-2-5-14-16(6-10)27-9-26-14/h2-8H,9H2,1H3,(H,21,23,24). The Balaban J connectivity index is 1.65. The van der Waals surface area contributed by atoms with Gasteiger partial charge in [-0.15, -0.1) is 0 Å². The third-order valence-corrected chi connectivity index (χ3v) is 4.36. The lowest BCUT2D eigenvalue weighted by molar-refractivity contribution is 0.174. The fourth-order valence-electron chi connectivity index (χ4n) is 3.05. The molecule has 0 fully saturated rings. The molecule has 0 saturated carbocycles. The predicted octanol–water partition coefficient (Wildman–Crippen LogP) is 3.56. The maximum Gasteiger partial charge on any atom is 0.231 e. The summed E-state index contributed by atoms with van der Waals surface area (Å²) in [6.45, 7) is 0.205. The molecular formula is C19H13FN4O3. The highest BCUT2D eigenvalue weighted by Crippen LogP contribution is 2.37. The lowest BCUT2D eigenvalue weighted by atomic mass is 10.1. The fraction of sp³-hybridized carbons (Fsp3) is 0.105. The number of benzene rings is 2. The highest BCUT2D eigenvalue weighted by Gasteiger charge is 2.18. The molecule has 1 aliphatic rings. The van der Waals surface area contributed by atoms with Gasteiger partial charge in [0, 0.05) is 17.2 Å². The zero-order valence-electron chi connectivity index (χ0n) is 14.2. The molecule has 134 valence electrons. The third kappa shape index (κ3) is 2.53. The molecule has 1 N–H and O–H groups in total. The van der Waals surface area contributed by atoms with E-state index in [1.807, 2.05) is 18.2 Å². The maximum absolute atomic E-state index is 13.5. The molecule has 0 aliphatic carbocycles. The van der Waals surface area contributed by atoms with Gasteiger partial charge in [-0.2, -0.15) is 5.10 Å². The average molecular weight is 364 g/mol. The Hall–Kier alpha value is -3.68. The van der Waals surface area contributed by atoms with E-state index < -0.39 is 0 Å². The van der Waals surface area contributed by atoms with Crippen molar-refractivity contribution in [2.24, 2.45) is 0 Å². The first-order valence-corrected chi connectivity index (χ1v) is 8.18. The number of fused-ring (bicyclic) bond motifs is 2. The minimum absolute atomic E-state index is 0.205. The summed E-state index contributed by atoms with van der Waals surface area (Å²) in [6, 6.07) is 9.89. The van der Waals surface area contributed by atoms with Crippen LogP contribution >= 0.6 is 0 Å². The SMILES string of the molecule is COc1cc(F)ccc1-c1cnc2n[nH]c(-c3ccc4c(c3)OCO4)c2n1. The van der Waals surface area contributed by atoms with Gasteiger partial charge in [0.25, 0.3) is 0 Å². The number of halogens is 1. The third-order valence-electron chi connectivity index (χ3n) is 4.36. The van der Waals surface area contributed by atoms with Crippen LogP contribution in [0.4, 0.5) is 4.39 Å². The van der Waals surface area contributed by atoms with Crippen LogP contribution in [0.15, 0.2) is 42.6 Å². The molecule has 7 nitrogen and oxygen atoms in total. The summed E-state index contributed by atoms with van der Waals surface area (Å²) in [4.78, 5) is 9.05. The molecule has 0 bridgehead atoms. The van der Waals surface area contributed by atoms with Crippen LogP contribution in [0.1, 0.15) is 0 Å². The van der Waals surface area contributed by atoms with E-state index in [-0.39, 0.29) is 12.6 Å². The average Bonchev–Trinajstić information content (AvgIpc) is 3.33. The zero-order valence-corrected chi connectivity index (χ0v) is 14.2. The zero-order chi connectivity index (χ0) is 18.4. The number of methoxy groups -OCH3 is 1. The Morgan fingerprint density at radius 2 is 2.00 bits per heavy atom. The van der Waals surface area contributed by atoms with Gasteiger partial charge in [-0.25, -0.2) is 14.4 Å². The number of aromatic amines is 1. The lowest BCUT2D eigenvalue weighted by Crippen LogP contribution is -1.93. The minimum atomic E-state index is -0.381. The number of ether oxygens (including phenoxy) is 3. The quantitative estimate of drug-likeness (QED) is 0.599. The number of rotatable bonds is 3. The van der Waals surface area contributed by atoms with Crippen LogP contribution in [-0.2, 0) is 0 Å². The monoisotopic (exact) mass is 364 g/mol. The molecule has 1 aliphatic heterocycles. The summed E-state index contributed by atoms with van der Waals surface area (Å²) in [5.41, 5.74) is 3.83. The van der Waals surface area contributed by atoms with Gasteiger partial charge in [-0.05, 0) is 30.3 Å². The molecule has 27 heavy (non-hydrogen) atoms. The van der Waals surface area contributed by atoms with Crippen LogP contribution in [0.5, 0.6) is 17.2 Å². The fourth-order valence-corrected chi connectivity index (χ4v) is 3.05. The second-order valence-electron chi connectivity index (χ2n) is 5.94. The van der Waals surface area contributed by atoms with Crippen molar-refractivity contribution in [2.45, 2.75) is 0 Å². The van der Waals surface area contributed by atoms with Crippen molar-refractivity contribution in [1.29, 1.82) is 0 Å². The first-order chi connectivity index (χ1) is 13.2. The molecule has 0 spiro atoms. The van der Waals surface area contributed by atoms with Crippen LogP contribution in [0.3, 0.4) is 0 Å². The van der Waals surface area contributed by atoms with Gasteiger partial charge < -0.3 is 14.2 Å². The van der Waals surface area contributed by atoms with Gasteiger partial charge >= 0.3 is 0 Å². The van der Waals surface area contributed by atoms with Crippen LogP contribution in [-0.4, -0.2) is 34.1 Å². The Bertz CT molecular complexity index is 1180. The second-order valence-corrected chi connectivity index (χ2v) is 5.94. The summed E-state index contributed by atoms with van der Waals surface area (Å²) in [6.07, 6.45) is 1.59. The van der Waals surface area contributed by atoms with Gasteiger partial charge in [0.05, 0.1) is 24.7 Å². The maximum atomic E-state index is 13.5. The highest BCUT2D eigenvalue weighted by molar-refractivity contribution is 5.89. The van der Waals surface area contributed by atoms with Crippen molar-refractivity contribution >= 4 is 11.2 Å². The molecule has 5 rings (SSSR count). The Labute approximate surface area is 152 Å².